The molecule has 0 unspecified atom stereocenters. The summed E-state index contributed by atoms with van der Waals surface area (Å²) >= 11 is 0. The maximum absolute atomic E-state index is 13.2. The lowest BCUT2D eigenvalue weighted by atomic mass is 9.89. The van der Waals surface area contributed by atoms with Gasteiger partial charge in [-0.15, -0.1) is 0 Å². The van der Waals surface area contributed by atoms with Gasteiger partial charge in [0.1, 0.15) is 5.78 Å². The largest absolute Gasteiger partial charge is 0.472 e. The quantitative estimate of drug-likeness (QED) is 0.819. The van der Waals surface area contributed by atoms with Crippen molar-refractivity contribution in [2.24, 2.45) is 0 Å². The van der Waals surface area contributed by atoms with Crippen molar-refractivity contribution in [3.05, 3.63) is 59.2 Å². The van der Waals surface area contributed by atoms with Gasteiger partial charge in [0, 0.05) is 18.5 Å². The molecule has 132 valence electrons. The van der Waals surface area contributed by atoms with Crippen LogP contribution >= 0.6 is 0 Å². The molecule has 0 radical (unpaired) electrons. The van der Waals surface area contributed by atoms with Gasteiger partial charge < -0.3 is 0 Å². The maximum atomic E-state index is 13.2. The number of halogens is 3. The van der Waals surface area contributed by atoms with Gasteiger partial charge in [0.25, 0.3) is 0 Å². The van der Waals surface area contributed by atoms with Crippen LogP contribution in [0.15, 0.2) is 42.5 Å². The van der Waals surface area contributed by atoms with E-state index in [1.807, 2.05) is 6.07 Å². The monoisotopic (exact) mass is 358 g/mol. The minimum atomic E-state index is -5.07. The fourth-order valence-electron chi connectivity index (χ4n) is 3.03. The van der Waals surface area contributed by atoms with Crippen LogP contribution in [0.4, 0.5) is 24.5 Å². The molecule has 0 aliphatic heterocycles. The predicted octanol–water partition coefficient (Wildman–Crippen LogP) is 3.84. The Bertz CT molecular complexity index is 912. The third-order valence-electron chi connectivity index (χ3n) is 4.23. The second-order valence-electron chi connectivity index (χ2n) is 5.93. The van der Waals surface area contributed by atoms with E-state index in [0.717, 1.165) is 0 Å². The Hall–Kier alpha value is -3.14. The number of carbonyl (C=O) groups excluding carboxylic acids is 2. The zero-order valence-corrected chi connectivity index (χ0v) is 13.5. The number of nitriles is 1. The van der Waals surface area contributed by atoms with E-state index in [1.165, 1.54) is 36.4 Å². The summed E-state index contributed by atoms with van der Waals surface area (Å²) in [5.41, 5.74) is 1.59. The second-order valence-corrected chi connectivity index (χ2v) is 5.93. The first-order valence-corrected chi connectivity index (χ1v) is 7.85. The molecule has 0 atom stereocenters. The number of fused-ring (bicyclic) bond motifs is 1. The van der Waals surface area contributed by atoms with Crippen LogP contribution < -0.4 is 4.90 Å². The van der Waals surface area contributed by atoms with Gasteiger partial charge in [-0.1, -0.05) is 12.1 Å². The lowest BCUT2D eigenvalue weighted by Gasteiger charge is -2.28. The first-order chi connectivity index (χ1) is 12.3. The average molecular weight is 358 g/mol. The fraction of sp³-hybridized carbons (Fsp3) is 0.211. The second kappa shape index (κ2) is 6.64. The van der Waals surface area contributed by atoms with Gasteiger partial charge in [0.05, 0.1) is 17.3 Å². The van der Waals surface area contributed by atoms with Crippen molar-refractivity contribution in [3.63, 3.8) is 0 Å². The summed E-state index contributed by atoms with van der Waals surface area (Å²) in [7, 11) is 0. The molecule has 0 spiro atoms. The standard InChI is InChI=1S/C19H13F3N2O2/c20-19(21,22)18(26)24(14-6-4-12(11-23)5-7-14)17-3-1-2-13-10-15(25)8-9-16(13)17/h1-7H,8-10H2. The van der Waals surface area contributed by atoms with Gasteiger partial charge in [0.15, 0.2) is 0 Å². The van der Waals surface area contributed by atoms with Crippen LogP contribution in [-0.4, -0.2) is 17.9 Å². The zero-order valence-electron chi connectivity index (χ0n) is 13.5. The summed E-state index contributed by atoms with van der Waals surface area (Å²) in [6.45, 7) is 0. The lowest BCUT2D eigenvalue weighted by Crippen LogP contribution is -2.39. The molecule has 0 N–H and O–H groups in total. The van der Waals surface area contributed by atoms with Crippen molar-refractivity contribution in [2.45, 2.75) is 25.4 Å². The average Bonchev–Trinajstić information content (AvgIpc) is 2.61. The number of hydrogen-bond donors (Lipinski definition) is 0. The molecule has 1 aliphatic carbocycles. The Morgan fingerprint density at radius 3 is 2.38 bits per heavy atom. The van der Waals surface area contributed by atoms with Crippen LogP contribution in [0, 0.1) is 11.3 Å². The molecule has 0 bridgehead atoms. The topological polar surface area (TPSA) is 61.2 Å². The molecule has 0 saturated heterocycles. The normalized spacial score (nSPS) is 13.7. The number of ketones is 1. The molecule has 26 heavy (non-hydrogen) atoms. The first kappa shape index (κ1) is 17.7. The number of rotatable bonds is 2. The summed E-state index contributed by atoms with van der Waals surface area (Å²) < 4.78 is 39.6. The maximum Gasteiger partial charge on any atom is 0.472 e. The lowest BCUT2D eigenvalue weighted by molar-refractivity contribution is -0.169. The van der Waals surface area contributed by atoms with E-state index < -0.39 is 12.1 Å². The number of anilines is 2. The molecule has 4 nitrogen and oxygen atoms in total. The van der Waals surface area contributed by atoms with Gasteiger partial charge in [-0.05, 0) is 47.9 Å². The van der Waals surface area contributed by atoms with Gasteiger partial charge in [-0.25, -0.2) is 0 Å². The molecule has 1 aliphatic rings. The smallest absolute Gasteiger partial charge is 0.299 e. The van der Waals surface area contributed by atoms with Crippen molar-refractivity contribution in [1.29, 1.82) is 5.26 Å². The van der Waals surface area contributed by atoms with Crippen LogP contribution in [0.25, 0.3) is 0 Å². The number of benzene rings is 2. The molecular weight excluding hydrogens is 345 g/mol. The van der Waals surface area contributed by atoms with E-state index in [2.05, 4.69) is 0 Å². The van der Waals surface area contributed by atoms with E-state index in [9.17, 15) is 22.8 Å². The van der Waals surface area contributed by atoms with Gasteiger partial charge >= 0.3 is 12.1 Å². The Balaban J connectivity index is 2.16. The van der Waals surface area contributed by atoms with E-state index in [0.29, 0.717) is 16.0 Å². The van der Waals surface area contributed by atoms with E-state index in [4.69, 9.17) is 5.26 Å². The highest BCUT2D eigenvalue weighted by Crippen LogP contribution is 2.36. The molecule has 0 fully saturated rings. The van der Waals surface area contributed by atoms with Crippen LogP contribution in [0.2, 0.25) is 0 Å². The molecule has 0 heterocycles. The summed E-state index contributed by atoms with van der Waals surface area (Å²) in [5, 5.41) is 8.86. The molecular formula is C19H13F3N2O2. The predicted molar refractivity (Wildman–Crippen MR) is 87.8 cm³/mol. The van der Waals surface area contributed by atoms with Crippen molar-refractivity contribution in [1.82, 2.24) is 0 Å². The third kappa shape index (κ3) is 3.31. The minimum Gasteiger partial charge on any atom is -0.299 e. The number of carbonyl (C=O) groups is 2. The summed E-state index contributed by atoms with van der Waals surface area (Å²) in [4.78, 5) is 24.4. The minimum absolute atomic E-state index is 0.0108. The highest BCUT2D eigenvalue weighted by Gasteiger charge is 2.44. The van der Waals surface area contributed by atoms with Crippen molar-refractivity contribution in [3.8, 4) is 6.07 Å². The molecule has 2 aromatic carbocycles. The van der Waals surface area contributed by atoms with E-state index >= 15 is 0 Å². The van der Waals surface area contributed by atoms with Gasteiger partial charge in [-0.2, -0.15) is 18.4 Å². The molecule has 0 saturated carbocycles. The molecule has 0 aromatic heterocycles. The summed E-state index contributed by atoms with van der Waals surface area (Å²) in [6, 6.07) is 11.9. The van der Waals surface area contributed by atoms with Crippen molar-refractivity contribution >= 4 is 23.1 Å². The Labute approximate surface area is 147 Å². The van der Waals surface area contributed by atoms with Gasteiger partial charge in [0.2, 0.25) is 0 Å². The van der Waals surface area contributed by atoms with Crippen molar-refractivity contribution < 1.29 is 22.8 Å². The number of alkyl halides is 3. The molecule has 2 aromatic rings. The Kier molecular flexibility index (Phi) is 4.51. The van der Waals surface area contributed by atoms with Crippen LogP contribution in [-0.2, 0) is 22.4 Å². The van der Waals surface area contributed by atoms with Crippen LogP contribution in [0.1, 0.15) is 23.1 Å². The number of Topliss-reactive ketones (excluding diaryl/α,β-unsaturated/α-hetero) is 1. The number of nitrogens with zero attached hydrogens (tertiary/aromatic N) is 2. The molecule has 3 rings (SSSR count). The zero-order chi connectivity index (χ0) is 18.9. The summed E-state index contributed by atoms with van der Waals surface area (Å²) in [6.07, 6.45) is -4.42. The highest BCUT2D eigenvalue weighted by molar-refractivity contribution is 6.04. The SMILES string of the molecule is N#Cc1ccc(N(C(=O)C(F)(F)F)c2cccc3c2CCC(=O)C3)cc1. The van der Waals surface area contributed by atoms with Crippen molar-refractivity contribution in [2.75, 3.05) is 4.90 Å². The summed E-state index contributed by atoms with van der Waals surface area (Å²) in [5.74, 6) is -2.01. The highest BCUT2D eigenvalue weighted by atomic mass is 19.4. The molecule has 7 heteroatoms. The Morgan fingerprint density at radius 2 is 1.77 bits per heavy atom. The number of amides is 1. The van der Waals surface area contributed by atoms with Gasteiger partial charge in [-0.3, -0.25) is 14.5 Å². The molecule has 1 amide bonds. The van der Waals surface area contributed by atoms with Crippen LogP contribution in [0.5, 0.6) is 0 Å². The van der Waals surface area contributed by atoms with E-state index in [1.54, 1.807) is 6.07 Å². The first-order valence-electron chi connectivity index (χ1n) is 7.85. The van der Waals surface area contributed by atoms with E-state index in [-0.39, 0.29) is 42.0 Å². The Morgan fingerprint density at radius 1 is 1.08 bits per heavy atom. The fourth-order valence-corrected chi connectivity index (χ4v) is 3.03. The third-order valence-corrected chi connectivity index (χ3v) is 4.23. The number of hydrogen-bond acceptors (Lipinski definition) is 3. The van der Waals surface area contributed by atoms with Crippen LogP contribution in [0.3, 0.4) is 0 Å².